The number of nitrogens with one attached hydrogen (secondary N) is 2. The normalized spacial score (nSPS) is 10.4. The average molecular weight is 444 g/mol. The van der Waals surface area contributed by atoms with Crippen LogP contribution in [0.5, 0.6) is 11.6 Å². The number of halogens is 1. The fraction of sp³-hybridized carbons (Fsp3) is 0.158. The van der Waals surface area contributed by atoms with Gasteiger partial charge in [0, 0.05) is 16.4 Å². The number of carbonyl (C=O) groups is 2. The van der Waals surface area contributed by atoms with Crippen molar-refractivity contribution in [3.63, 3.8) is 0 Å². The minimum atomic E-state index is -0.540. The van der Waals surface area contributed by atoms with E-state index in [4.69, 9.17) is 4.74 Å². The van der Waals surface area contributed by atoms with Gasteiger partial charge in [0.25, 0.3) is 11.8 Å². The summed E-state index contributed by atoms with van der Waals surface area (Å²) in [5, 5.41) is 4.21. The van der Waals surface area contributed by atoms with E-state index in [9.17, 15) is 9.59 Å². The summed E-state index contributed by atoms with van der Waals surface area (Å²) in [6.45, 7) is 3.70. The number of benzene rings is 1. The number of carbonyl (C=O) groups excluding carboxylic acids is 2. The van der Waals surface area contributed by atoms with Crippen LogP contribution in [0.25, 0.3) is 0 Å². The molecule has 0 radical (unpaired) electrons. The number of nitrogens with zero attached hydrogens (tertiary/aromatic N) is 3. The van der Waals surface area contributed by atoms with E-state index in [1.54, 1.807) is 28.9 Å². The lowest BCUT2D eigenvalue weighted by molar-refractivity contribution is -0.122. The predicted octanol–water partition coefficient (Wildman–Crippen LogP) is 2.91. The monoisotopic (exact) mass is 443 g/mol. The number of hydrogen-bond acceptors (Lipinski definition) is 5. The zero-order chi connectivity index (χ0) is 20.1. The van der Waals surface area contributed by atoms with Crippen LogP contribution in [0.4, 0.5) is 0 Å². The molecule has 2 aromatic heterocycles. The second-order valence-corrected chi connectivity index (χ2v) is 6.91. The highest BCUT2D eigenvalue weighted by atomic mass is 79.9. The Labute approximate surface area is 170 Å². The Bertz CT molecular complexity index is 1000. The highest BCUT2D eigenvalue weighted by Gasteiger charge is 2.15. The number of hydrogen-bond donors (Lipinski definition) is 2. The van der Waals surface area contributed by atoms with Gasteiger partial charge < -0.3 is 4.74 Å². The molecule has 2 amide bonds. The zero-order valence-electron chi connectivity index (χ0n) is 15.3. The molecule has 9 heteroatoms. The van der Waals surface area contributed by atoms with E-state index < -0.39 is 11.8 Å². The highest BCUT2D eigenvalue weighted by Crippen LogP contribution is 2.24. The number of ether oxygens (including phenoxy) is 1. The fourth-order valence-corrected chi connectivity index (χ4v) is 2.73. The number of pyridine rings is 1. The van der Waals surface area contributed by atoms with E-state index in [0.717, 1.165) is 15.9 Å². The number of hydrazine groups is 1. The SMILES string of the molecule is Cc1cc(C)n(CC(=O)NNC(=O)c2cccnc2Oc2ccc(Br)cc2)n1. The molecule has 2 heterocycles. The Balaban J connectivity index is 1.63. The molecule has 0 unspecified atom stereocenters. The van der Waals surface area contributed by atoms with Gasteiger partial charge in [-0.1, -0.05) is 15.9 Å². The van der Waals surface area contributed by atoms with Crippen LogP contribution in [0.2, 0.25) is 0 Å². The third kappa shape index (κ3) is 4.95. The molecule has 0 aliphatic rings. The first-order chi connectivity index (χ1) is 13.4. The van der Waals surface area contributed by atoms with Crippen LogP contribution in [-0.4, -0.2) is 26.6 Å². The van der Waals surface area contributed by atoms with Gasteiger partial charge in [-0.15, -0.1) is 0 Å². The second kappa shape index (κ2) is 8.66. The summed E-state index contributed by atoms with van der Waals surface area (Å²) >= 11 is 3.35. The van der Waals surface area contributed by atoms with E-state index in [1.807, 2.05) is 32.0 Å². The largest absolute Gasteiger partial charge is 0.438 e. The van der Waals surface area contributed by atoms with Gasteiger partial charge >= 0.3 is 0 Å². The Morgan fingerprint density at radius 3 is 2.57 bits per heavy atom. The third-order valence-electron chi connectivity index (χ3n) is 3.76. The molecule has 3 aromatic rings. The van der Waals surface area contributed by atoms with E-state index in [1.165, 1.54) is 6.20 Å². The van der Waals surface area contributed by atoms with Crippen molar-refractivity contribution < 1.29 is 14.3 Å². The number of aromatic nitrogens is 3. The number of rotatable bonds is 5. The summed E-state index contributed by atoms with van der Waals surface area (Å²) in [6.07, 6.45) is 1.52. The van der Waals surface area contributed by atoms with Crippen LogP contribution < -0.4 is 15.6 Å². The lowest BCUT2D eigenvalue weighted by atomic mass is 10.2. The smallest absolute Gasteiger partial charge is 0.275 e. The molecule has 2 N–H and O–H groups in total. The predicted molar refractivity (Wildman–Crippen MR) is 106 cm³/mol. The Morgan fingerprint density at radius 2 is 1.89 bits per heavy atom. The lowest BCUT2D eigenvalue weighted by Gasteiger charge is -2.11. The van der Waals surface area contributed by atoms with Crippen LogP contribution in [0.3, 0.4) is 0 Å². The van der Waals surface area contributed by atoms with Crippen molar-refractivity contribution >= 4 is 27.7 Å². The Hall–Kier alpha value is -3.20. The minimum Gasteiger partial charge on any atom is -0.438 e. The van der Waals surface area contributed by atoms with Crippen molar-refractivity contribution in [3.05, 3.63) is 70.1 Å². The van der Waals surface area contributed by atoms with Crippen molar-refractivity contribution in [1.82, 2.24) is 25.6 Å². The summed E-state index contributed by atoms with van der Waals surface area (Å²) in [5.74, 6) is -0.277. The maximum absolute atomic E-state index is 12.5. The van der Waals surface area contributed by atoms with E-state index >= 15 is 0 Å². The van der Waals surface area contributed by atoms with Gasteiger partial charge in [-0.3, -0.25) is 25.1 Å². The molecule has 8 nitrogen and oxygen atoms in total. The van der Waals surface area contributed by atoms with E-state index in [0.29, 0.717) is 5.75 Å². The van der Waals surface area contributed by atoms with Gasteiger partial charge in [0.15, 0.2) is 0 Å². The molecular formula is C19H18BrN5O3. The highest BCUT2D eigenvalue weighted by molar-refractivity contribution is 9.10. The second-order valence-electron chi connectivity index (χ2n) is 6.00. The number of aryl methyl sites for hydroxylation is 2. The van der Waals surface area contributed by atoms with Gasteiger partial charge in [0.05, 0.1) is 5.69 Å². The third-order valence-corrected chi connectivity index (χ3v) is 4.28. The van der Waals surface area contributed by atoms with E-state index in [-0.39, 0.29) is 18.0 Å². The molecular weight excluding hydrogens is 426 g/mol. The minimum absolute atomic E-state index is 0.00472. The fourth-order valence-electron chi connectivity index (χ4n) is 2.46. The molecule has 144 valence electrons. The lowest BCUT2D eigenvalue weighted by Crippen LogP contribution is -2.43. The molecule has 3 rings (SSSR count). The van der Waals surface area contributed by atoms with E-state index in [2.05, 4.69) is 36.9 Å². The quantitative estimate of drug-likeness (QED) is 0.590. The summed E-state index contributed by atoms with van der Waals surface area (Å²) in [4.78, 5) is 28.6. The van der Waals surface area contributed by atoms with Crippen molar-refractivity contribution in [2.24, 2.45) is 0 Å². The maximum Gasteiger partial charge on any atom is 0.275 e. The molecule has 0 aliphatic heterocycles. The Kier molecular flexibility index (Phi) is 6.05. The van der Waals surface area contributed by atoms with Crippen LogP contribution in [0.15, 0.2) is 53.1 Å². The van der Waals surface area contributed by atoms with Crippen molar-refractivity contribution in [3.8, 4) is 11.6 Å². The van der Waals surface area contributed by atoms with Crippen molar-refractivity contribution in [1.29, 1.82) is 0 Å². The average Bonchev–Trinajstić information content (AvgIpc) is 2.99. The van der Waals surface area contributed by atoms with Crippen LogP contribution in [0, 0.1) is 13.8 Å². The standard InChI is InChI=1S/C19H18BrN5O3/c1-12-10-13(2)25(24-12)11-17(26)22-23-18(27)16-4-3-9-21-19(16)28-15-7-5-14(20)6-8-15/h3-10H,11H2,1-2H3,(H,22,26)(H,23,27). The maximum atomic E-state index is 12.5. The molecule has 0 aliphatic carbocycles. The van der Waals surface area contributed by atoms with Crippen LogP contribution in [-0.2, 0) is 11.3 Å². The molecule has 1 aromatic carbocycles. The molecule has 0 bridgehead atoms. The molecule has 0 saturated heterocycles. The molecule has 0 saturated carbocycles. The van der Waals surface area contributed by atoms with Crippen LogP contribution in [0.1, 0.15) is 21.7 Å². The van der Waals surface area contributed by atoms with Crippen molar-refractivity contribution in [2.75, 3.05) is 0 Å². The van der Waals surface area contributed by atoms with Crippen molar-refractivity contribution in [2.45, 2.75) is 20.4 Å². The summed E-state index contributed by atoms with van der Waals surface area (Å²) in [5.41, 5.74) is 6.62. The van der Waals surface area contributed by atoms with Gasteiger partial charge in [-0.05, 0) is 56.3 Å². The van der Waals surface area contributed by atoms with Gasteiger partial charge in [-0.25, -0.2) is 4.98 Å². The first kappa shape index (κ1) is 19.6. The first-order valence-corrected chi connectivity index (χ1v) is 9.20. The molecule has 28 heavy (non-hydrogen) atoms. The molecule has 0 atom stereocenters. The first-order valence-electron chi connectivity index (χ1n) is 8.41. The Morgan fingerprint density at radius 1 is 1.14 bits per heavy atom. The van der Waals surface area contributed by atoms with Crippen LogP contribution >= 0.6 is 15.9 Å². The number of amides is 2. The summed E-state index contributed by atoms with van der Waals surface area (Å²) < 4.78 is 8.15. The van der Waals surface area contributed by atoms with Gasteiger partial charge in [-0.2, -0.15) is 5.10 Å². The molecule has 0 fully saturated rings. The van der Waals surface area contributed by atoms with Gasteiger partial charge in [0.1, 0.15) is 17.9 Å². The topological polar surface area (TPSA) is 98.1 Å². The zero-order valence-corrected chi connectivity index (χ0v) is 16.9. The summed E-state index contributed by atoms with van der Waals surface area (Å²) in [7, 11) is 0. The summed E-state index contributed by atoms with van der Waals surface area (Å²) in [6, 6.07) is 12.2. The van der Waals surface area contributed by atoms with Gasteiger partial charge in [0.2, 0.25) is 5.88 Å². The molecule has 0 spiro atoms.